The van der Waals surface area contributed by atoms with E-state index in [0.717, 1.165) is 19.3 Å². The molecule has 4 aliphatic carbocycles. The lowest BCUT2D eigenvalue weighted by Gasteiger charge is -2.60. The predicted molar refractivity (Wildman–Crippen MR) is 90.5 cm³/mol. The lowest BCUT2D eigenvalue weighted by Crippen LogP contribution is -2.61. The zero-order valence-corrected chi connectivity index (χ0v) is 15.0. The molecule has 0 saturated heterocycles. The van der Waals surface area contributed by atoms with E-state index in [2.05, 4.69) is 6.92 Å². The Labute approximate surface area is 148 Å². The van der Waals surface area contributed by atoms with Gasteiger partial charge in [0.25, 0.3) is 0 Å². The van der Waals surface area contributed by atoms with Crippen LogP contribution in [0, 0.1) is 28.6 Å². The van der Waals surface area contributed by atoms with E-state index in [4.69, 9.17) is 0 Å². The van der Waals surface area contributed by atoms with E-state index in [1.165, 1.54) is 0 Å². The van der Waals surface area contributed by atoms with Crippen molar-refractivity contribution < 1.29 is 24.9 Å². The summed E-state index contributed by atoms with van der Waals surface area (Å²) >= 11 is 0. The summed E-state index contributed by atoms with van der Waals surface area (Å²) in [4.78, 5) is 24.7. The van der Waals surface area contributed by atoms with Crippen molar-refractivity contribution in [2.24, 2.45) is 28.6 Å². The number of hydrogen-bond donors (Lipinski definition) is 3. The van der Waals surface area contributed by atoms with Gasteiger partial charge in [-0.05, 0) is 54.4 Å². The topological polar surface area (TPSA) is 94.8 Å². The summed E-state index contributed by atoms with van der Waals surface area (Å²) < 4.78 is 0. The predicted octanol–water partition coefficient (Wildman–Crippen LogP) is 1.39. The first-order chi connectivity index (χ1) is 11.8. The van der Waals surface area contributed by atoms with Crippen LogP contribution in [0.2, 0.25) is 0 Å². The molecule has 4 rings (SSSR count). The highest BCUT2D eigenvalue weighted by Gasteiger charge is 2.64. The van der Waals surface area contributed by atoms with Gasteiger partial charge < -0.3 is 15.3 Å². The first-order valence-corrected chi connectivity index (χ1v) is 9.52. The van der Waals surface area contributed by atoms with E-state index in [-0.39, 0.29) is 41.0 Å². The Morgan fingerprint density at radius 1 is 1.00 bits per heavy atom. The number of carbonyl (C=O) groups is 2. The van der Waals surface area contributed by atoms with Crippen LogP contribution >= 0.6 is 0 Å². The molecule has 0 radical (unpaired) electrons. The number of aliphatic hydroxyl groups excluding tert-OH is 3. The summed E-state index contributed by atoms with van der Waals surface area (Å²) in [5.74, 6) is 0.286. The van der Waals surface area contributed by atoms with E-state index in [0.29, 0.717) is 36.2 Å². The van der Waals surface area contributed by atoms with Crippen LogP contribution in [0.5, 0.6) is 0 Å². The van der Waals surface area contributed by atoms with Crippen molar-refractivity contribution in [2.75, 3.05) is 6.61 Å². The number of aliphatic hydroxyl groups is 3. The Kier molecular flexibility index (Phi) is 3.81. The van der Waals surface area contributed by atoms with Crippen LogP contribution in [-0.2, 0) is 9.59 Å². The van der Waals surface area contributed by atoms with Crippen molar-refractivity contribution in [1.82, 2.24) is 0 Å². The van der Waals surface area contributed by atoms with Crippen LogP contribution in [0.25, 0.3) is 0 Å². The van der Waals surface area contributed by atoms with Crippen molar-refractivity contribution in [1.29, 1.82) is 0 Å². The van der Waals surface area contributed by atoms with E-state index in [9.17, 15) is 24.9 Å². The Morgan fingerprint density at radius 2 is 1.68 bits per heavy atom. The van der Waals surface area contributed by atoms with Gasteiger partial charge in [0.2, 0.25) is 0 Å². The van der Waals surface area contributed by atoms with Crippen LogP contribution in [0.15, 0.2) is 11.1 Å². The molecule has 138 valence electrons. The molecule has 0 aromatic carbocycles. The van der Waals surface area contributed by atoms with E-state index < -0.39 is 12.2 Å². The second-order valence-corrected chi connectivity index (χ2v) is 9.03. The maximum atomic E-state index is 12.5. The van der Waals surface area contributed by atoms with Gasteiger partial charge in [-0.25, -0.2) is 0 Å². The average molecular weight is 348 g/mol. The minimum atomic E-state index is -1.13. The molecule has 0 aromatic heterocycles. The molecule has 0 unspecified atom stereocenters. The van der Waals surface area contributed by atoms with Gasteiger partial charge in [0, 0.05) is 23.8 Å². The van der Waals surface area contributed by atoms with Crippen LogP contribution in [-0.4, -0.2) is 45.7 Å². The minimum absolute atomic E-state index is 0.0944. The fourth-order valence-electron chi connectivity index (χ4n) is 6.80. The fraction of sp³-hybridized carbons (Fsp3) is 0.800. The second kappa shape index (κ2) is 5.48. The van der Waals surface area contributed by atoms with Gasteiger partial charge in [-0.15, -0.1) is 0 Å². The molecule has 3 saturated carbocycles. The first-order valence-electron chi connectivity index (χ1n) is 9.52. The zero-order valence-electron chi connectivity index (χ0n) is 15.0. The number of fused-ring (bicyclic) bond motifs is 5. The molecule has 0 heterocycles. The second-order valence-electron chi connectivity index (χ2n) is 9.03. The van der Waals surface area contributed by atoms with E-state index in [1.54, 1.807) is 0 Å². The number of ketones is 2. The normalized spacial score (nSPS) is 49.7. The number of carbonyl (C=O) groups excluding carboxylic acids is 2. The Bertz CT molecular complexity index is 667. The molecule has 0 aromatic rings. The molecule has 5 nitrogen and oxygen atoms in total. The summed E-state index contributed by atoms with van der Waals surface area (Å²) in [6, 6.07) is 0. The molecule has 5 heteroatoms. The molecule has 3 fully saturated rings. The molecular formula is C20H28O5. The number of hydrogen-bond acceptors (Lipinski definition) is 5. The lowest BCUT2D eigenvalue weighted by atomic mass is 9.45. The number of Topliss-reactive ketones (excluding diaryl/α,β-unsaturated/α-hetero) is 2. The molecule has 25 heavy (non-hydrogen) atoms. The highest BCUT2D eigenvalue weighted by atomic mass is 16.3. The first kappa shape index (κ1) is 17.4. The monoisotopic (exact) mass is 348 g/mol. The Balaban J connectivity index is 1.83. The average Bonchev–Trinajstić information content (AvgIpc) is 2.89. The summed E-state index contributed by atoms with van der Waals surface area (Å²) in [7, 11) is 0. The smallest absolute Gasteiger partial charge is 0.161 e. The van der Waals surface area contributed by atoms with Crippen molar-refractivity contribution in [3.8, 4) is 0 Å². The summed E-state index contributed by atoms with van der Waals surface area (Å²) in [6.45, 7) is 3.72. The standard InChI is InChI=1S/C20H28O5/c1-19-7-5-12-15(11(19)3-4-14(19)23)17(24)18(25)16-10(9-21)13(22)6-8-20(12,16)2/h11-12,15,17-18,21,24-25H,3-9H2,1-2H3/t11-,12-,15-,17+,18-,19-,20+/m0/s1. The summed E-state index contributed by atoms with van der Waals surface area (Å²) in [5.41, 5.74) is 0.0916. The molecule has 0 amide bonds. The molecule has 0 aliphatic heterocycles. The van der Waals surface area contributed by atoms with Gasteiger partial charge in [-0.3, -0.25) is 9.59 Å². The van der Waals surface area contributed by atoms with Crippen LogP contribution in [0.4, 0.5) is 0 Å². The maximum absolute atomic E-state index is 12.5. The van der Waals surface area contributed by atoms with Crippen molar-refractivity contribution >= 4 is 11.6 Å². The third-order valence-corrected chi connectivity index (χ3v) is 8.18. The van der Waals surface area contributed by atoms with Crippen molar-refractivity contribution in [3.05, 3.63) is 11.1 Å². The van der Waals surface area contributed by atoms with Gasteiger partial charge in [0.15, 0.2) is 5.78 Å². The molecule has 3 N–H and O–H groups in total. The minimum Gasteiger partial charge on any atom is -0.392 e. The quantitative estimate of drug-likeness (QED) is 0.666. The summed E-state index contributed by atoms with van der Waals surface area (Å²) in [6.07, 6.45) is 1.89. The van der Waals surface area contributed by atoms with Crippen LogP contribution < -0.4 is 0 Å². The maximum Gasteiger partial charge on any atom is 0.161 e. The van der Waals surface area contributed by atoms with Gasteiger partial charge in [0.05, 0.1) is 12.7 Å². The van der Waals surface area contributed by atoms with Gasteiger partial charge in [0.1, 0.15) is 11.9 Å². The van der Waals surface area contributed by atoms with E-state index >= 15 is 0 Å². The lowest BCUT2D eigenvalue weighted by molar-refractivity contribution is -0.154. The van der Waals surface area contributed by atoms with Gasteiger partial charge >= 0.3 is 0 Å². The van der Waals surface area contributed by atoms with Crippen LogP contribution in [0.1, 0.15) is 52.4 Å². The van der Waals surface area contributed by atoms with Crippen molar-refractivity contribution in [3.63, 3.8) is 0 Å². The third-order valence-electron chi connectivity index (χ3n) is 8.18. The van der Waals surface area contributed by atoms with Gasteiger partial charge in [-0.1, -0.05) is 13.8 Å². The zero-order chi connectivity index (χ0) is 18.1. The third kappa shape index (κ3) is 2.06. The van der Waals surface area contributed by atoms with Gasteiger partial charge in [-0.2, -0.15) is 0 Å². The number of rotatable bonds is 1. The highest BCUT2D eigenvalue weighted by molar-refractivity contribution is 5.98. The fourth-order valence-corrected chi connectivity index (χ4v) is 6.80. The Morgan fingerprint density at radius 3 is 2.36 bits per heavy atom. The summed E-state index contributed by atoms with van der Waals surface area (Å²) in [5, 5.41) is 31.6. The molecule has 0 bridgehead atoms. The highest BCUT2D eigenvalue weighted by Crippen LogP contribution is 2.64. The molecule has 4 aliphatic rings. The molecular weight excluding hydrogens is 320 g/mol. The molecule has 7 atom stereocenters. The Hall–Kier alpha value is -1.04. The van der Waals surface area contributed by atoms with E-state index in [1.807, 2.05) is 6.92 Å². The largest absolute Gasteiger partial charge is 0.392 e. The SMILES string of the molecule is C[C@]12CCC(=O)C(CO)=C1[C@H](O)[C@H](O)[C@@H]1[C@@H]2CC[C@]2(C)C(=O)CC[C@@H]12. The van der Waals surface area contributed by atoms with Crippen LogP contribution in [0.3, 0.4) is 0 Å². The van der Waals surface area contributed by atoms with Crippen molar-refractivity contribution in [2.45, 2.75) is 64.6 Å². The molecule has 0 spiro atoms.